The van der Waals surface area contributed by atoms with E-state index in [2.05, 4.69) is 0 Å². The molecule has 1 rings (SSSR count). The van der Waals surface area contributed by atoms with E-state index in [0.29, 0.717) is 13.0 Å². The molecule has 0 atom stereocenters. The molecule has 0 aliphatic rings. The van der Waals surface area contributed by atoms with Gasteiger partial charge in [0.2, 0.25) is 0 Å². The maximum atomic E-state index is 13.9. The first kappa shape index (κ1) is 19.3. The van der Waals surface area contributed by atoms with E-state index < -0.39 is 46.6 Å². The van der Waals surface area contributed by atoms with E-state index in [1.54, 1.807) is 5.43 Å². The Morgan fingerprint density at radius 3 is 1.57 bits per heavy atom. The summed E-state index contributed by atoms with van der Waals surface area (Å²) < 4.78 is 129. The van der Waals surface area contributed by atoms with Crippen molar-refractivity contribution in [1.29, 1.82) is 0 Å². The Labute approximate surface area is 122 Å². The lowest BCUT2D eigenvalue weighted by molar-refractivity contribution is -0.349. The van der Waals surface area contributed by atoms with Gasteiger partial charge in [0.05, 0.1) is 11.3 Å². The molecule has 0 fully saturated rings. The SMILES string of the molecule is Cc1c(NN)ccc(C(F)(C(F)(F)F)C(F)(F)F)c1C(F)(F)F. The molecule has 12 heteroatoms. The summed E-state index contributed by atoms with van der Waals surface area (Å²) in [5.74, 6) is 4.84. The molecule has 0 heterocycles. The first-order valence-corrected chi connectivity index (χ1v) is 5.59. The third kappa shape index (κ3) is 3.03. The normalized spacial score (nSPS) is 14.1. The Kier molecular flexibility index (Phi) is 4.56. The van der Waals surface area contributed by atoms with Crippen molar-refractivity contribution in [2.24, 2.45) is 5.84 Å². The number of nitrogen functional groups attached to an aromatic ring is 1. The number of hydrogen-bond acceptors (Lipinski definition) is 2. The lowest BCUT2D eigenvalue weighted by Gasteiger charge is -2.33. The van der Waals surface area contributed by atoms with Crippen LogP contribution < -0.4 is 11.3 Å². The van der Waals surface area contributed by atoms with E-state index in [1.807, 2.05) is 0 Å². The first-order valence-electron chi connectivity index (χ1n) is 5.59. The summed E-state index contributed by atoms with van der Waals surface area (Å²) in [6.45, 7) is 0.564. The molecule has 0 bridgehead atoms. The van der Waals surface area contributed by atoms with Crippen molar-refractivity contribution in [3.8, 4) is 0 Å². The van der Waals surface area contributed by atoms with Gasteiger partial charge in [0.25, 0.3) is 0 Å². The summed E-state index contributed by atoms with van der Waals surface area (Å²) in [5.41, 5.74) is -11.2. The number of nitrogens with two attached hydrogens (primary N) is 1. The zero-order chi connectivity index (χ0) is 18.4. The highest BCUT2D eigenvalue weighted by atomic mass is 19.4. The van der Waals surface area contributed by atoms with Gasteiger partial charge >= 0.3 is 24.2 Å². The minimum absolute atomic E-state index is 0.244. The van der Waals surface area contributed by atoms with E-state index in [4.69, 9.17) is 5.84 Å². The highest BCUT2D eigenvalue weighted by molar-refractivity contribution is 5.58. The van der Waals surface area contributed by atoms with Crippen molar-refractivity contribution in [3.05, 3.63) is 28.8 Å². The Morgan fingerprint density at radius 1 is 0.826 bits per heavy atom. The third-order valence-electron chi connectivity index (χ3n) is 3.06. The topological polar surface area (TPSA) is 38.0 Å². The minimum atomic E-state index is -6.66. The van der Waals surface area contributed by atoms with Crippen LogP contribution in [-0.2, 0) is 11.8 Å². The summed E-state index contributed by atoms with van der Waals surface area (Å²) in [4.78, 5) is 0. The van der Waals surface area contributed by atoms with Gasteiger partial charge in [0, 0.05) is 5.56 Å². The van der Waals surface area contributed by atoms with Crippen LogP contribution in [0.4, 0.5) is 49.6 Å². The van der Waals surface area contributed by atoms with Gasteiger partial charge in [-0.2, -0.15) is 39.5 Å². The van der Waals surface area contributed by atoms with Gasteiger partial charge in [-0.05, 0) is 18.6 Å². The van der Waals surface area contributed by atoms with Crippen LogP contribution in [-0.4, -0.2) is 12.4 Å². The molecule has 0 saturated carbocycles. The molecule has 0 spiro atoms. The van der Waals surface area contributed by atoms with Crippen LogP contribution in [0.1, 0.15) is 16.7 Å². The smallest absolute Gasteiger partial charge is 0.324 e. The zero-order valence-corrected chi connectivity index (χ0v) is 11.0. The van der Waals surface area contributed by atoms with Gasteiger partial charge in [0.1, 0.15) is 0 Å². The fourth-order valence-electron chi connectivity index (χ4n) is 1.99. The number of alkyl halides is 10. The Morgan fingerprint density at radius 2 is 1.26 bits per heavy atom. The minimum Gasteiger partial charge on any atom is -0.324 e. The Hall–Kier alpha value is -1.72. The molecule has 0 aromatic heterocycles. The molecule has 0 radical (unpaired) electrons. The van der Waals surface area contributed by atoms with Crippen LogP contribution in [0.25, 0.3) is 0 Å². The van der Waals surface area contributed by atoms with Crippen LogP contribution in [0.3, 0.4) is 0 Å². The monoisotopic (exact) mass is 358 g/mol. The van der Waals surface area contributed by atoms with E-state index in [-0.39, 0.29) is 6.07 Å². The quantitative estimate of drug-likeness (QED) is 0.461. The maximum absolute atomic E-state index is 13.9. The van der Waals surface area contributed by atoms with E-state index in [9.17, 15) is 43.9 Å². The summed E-state index contributed by atoms with van der Waals surface area (Å²) in [7, 11) is 0. The number of halogens is 10. The largest absolute Gasteiger partial charge is 0.435 e. The first-order chi connectivity index (χ1) is 10.1. The predicted molar refractivity (Wildman–Crippen MR) is 58.9 cm³/mol. The molecule has 0 amide bonds. The summed E-state index contributed by atoms with van der Waals surface area (Å²) in [6, 6.07) is 0.151. The summed E-state index contributed by atoms with van der Waals surface area (Å²) in [6.07, 6.45) is -19.0. The maximum Gasteiger partial charge on any atom is 0.435 e. The van der Waals surface area contributed by atoms with Crippen molar-refractivity contribution in [2.45, 2.75) is 31.1 Å². The number of anilines is 1. The van der Waals surface area contributed by atoms with Crippen LogP contribution >= 0.6 is 0 Å². The van der Waals surface area contributed by atoms with E-state index >= 15 is 0 Å². The number of benzene rings is 1. The van der Waals surface area contributed by atoms with Gasteiger partial charge < -0.3 is 5.43 Å². The summed E-state index contributed by atoms with van der Waals surface area (Å²) in [5, 5.41) is 0. The summed E-state index contributed by atoms with van der Waals surface area (Å²) >= 11 is 0. The standard InChI is InChI=1S/C11H8F10N2/c1-4-6(23-22)3-2-5(7(4)9(13,14)15)8(12,10(16,17)18)11(19,20)21/h2-3,23H,22H2,1H3. The lowest BCUT2D eigenvalue weighted by atomic mass is 9.86. The van der Waals surface area contributed by atoms with Crippen LogP contribution in [0.2, 0.25) is 0 Å². The van der Waals surface area contributed by atoms with Crippen LogP contribution in [0.5, 0.6) is 0 Å². The molecule has 132 valence electrons. The molecule has 1 aromatic carbocycles. The van der Waals surface area contributed by atoms with E-state index in [1.165, 1.54) is 0 Å². The predicted octanol–water partition coefficient (Wildman–Crippen LogP) is 4.59. The molecule has 0 unspecified atom stereocenters. The van der Waals surface area contributed by atoms with Crippen molar-refractivity contribution < 1.29 is 43.9 Å². The molecule has 0 aliphatic carbocycles. The van der Waals surface area contributed by atoms with Gasteiger partial charge in [-0.1, -0.05) is 6.07 Å². The number of hydrogen-bond donors (Lipinski definition) is 2. The molecule has 0 saturated heterocycles. The highest BCUT2D eigenvalue weighted by Crippen LogP contribution is 2.56. The van der Waals surface area contributed by atoms with Gasteiger partial charge in [-0.15, -0.1) is 0 Å². The van der Waals surface area contributed by atoms with Gasteiger partial charge in [-0.3, -0.25) is 5.84 Å². The molecule has 0 aliphatic heterocycles. The molecule has 1 aromatic rings. The Balaban J connectivity index is 3.94. The second-order valence-electron chi connectivity index (χ2n) is 4.46. The van der Waals surface area contributed by atoms with Crippen molar-refractivity contribution in [2.75, 3.05) is 5.43 Å². The van der Waals surface area contributed by atoms with Crippen molar-refractivity contribution in [1.82, 2.24) is 0 Å². The number of rotatable bonds is 2. The fourth-order valence-corrected chi connectivity index (χ4v) is 1.99. The second kappa shape index (κ2) is 5.42. The molecule has 23 heavy (non-hydrogen) atoms. The number of hydrazine groups is 1. The molecule has 3 N–H and O–H groups in total. The zero-order valence-electron chi connectivity index (χ0n) is 11.0. The van der Waals surface area contributed by atoms with Crippen molar-refractivity contribution >= 4 is 5.69 Å². The third-order valence-corrected chi connectivity index (χ3v) is 3.06. The number of nitrogens with one attached hydrogen (secondary N) is 1. The average molecular weight is 358 g/mol. The molecular formula is C11H8F10N2. The highest BCUT2D eigenvalue weighted by Gasteiger charge is 2.75. The fraction of sp³-hybridized carbons (Fsp3) is 0.455. The lowest BCUT2D eigenvalue weighted by Crippen LogP contribution is -2.51. The Bertz CT molecular complexity index is 570. The van der Waals surface area contributed by atoms with Crippen LogP contribution in [0.15, 0.2) is 12.1 Å². The average Bonchev–Trinajstić information content (AvgIpc) is 2.32. The van der Waals surface area contributed by atoms with Gasteiger partial charge in [-0.25, -0.2) is 4.39 Å². The van der Waals surface area contributed by atoms with Crippen molar-refractivity contribution in [3.63, 3.8) is 0 Å². The molecule has 2 nitrogen and oxygen atoms in total. The van der Waals surface area contributed by atoms with E-state index in [0.717, 1.165) is 0 Å². The van der Waals surface area contributed by atoms with Gasteiger partial charge in [0.15, 0.2) is 0 Å². The second-order valence-corrected chi connectivity index (χ2v) is 4.46. The van der Waals surface area contributed by atoms with Crippen LogP contribution in [0, 0.1) is 6.92 Å². The molecular weight excluding hydrogens is 350 g/mol.